The van der Waals surface area contributed by atoms with Crippen LogP contribution in [0.25, 0.3) is 0 Å². The first kappa shape index (κ1) is 20.3. The van der Waals surface area contributed by atoms with Crippen LogP contribution in [0.15, 0.2) is 11.6 Å². The lowest BCUT2D eigenvalue weighted by atomic mass is 9.49. The number of ether oxygens (including phenoxy) is 1. The first-order chi connectivity index (χ1) is 13.4. The Kier molecular flexibility index (Phi) is 5.34. The van der Waals surface area contributed by atoms with E-state index in [1.54, 1.807) is 0 Å². The van der Waals surface area contributed by atoms with Gasteiger partial charge in [0, 0.05) is 29.5 Å². The predicted octanol–water partition coefficient (Wildman–Crippen LogP) is 5.24. The summed E-state index contributed by atoms with van der Waals surface area (Å²) in [5.74, 6) is 4.82. The number of halogens is 2. The summed E-state index contributed by atoms with van der Waals surface area (Å²) in [6, 6.07) is 0. The van der Waals surface area contributed by atoms with E-state index in [0.29, 0.717) is 30.1 Å². The molecule has 4 aliphatic rings. The van der Waals surface area contributed by atoms with E-state index in [9.17, 15) is 9.59 Å². The fraction of sp³-hybridized carbons (Fsp3) is 0.739. The molecule has 28 heavy (non-hydrogen) atoms. The van der Waals surface area contributed by atoms with Crippen LogP contribution in [0.1, 0.15) is 65.2 Å². The number of esters is 1. The Balaban J connectivity index is 1.74. The van der Waals surface area contributed by atoms with Crippen molar-refractivity contribution in [1.82, 2.24) is 0 Å². The van der Waals surface area contributed by atoms with Gasteiger partial charge in [-0.3, -0.25) is 9.59 Å². The maximum atomic E-state index is 12.0. The van der Waals surface area contributed by atoms with Gasteiger partial charge in [-0.15, -0.1) is 11.6 Å². The van der Waals surface area contributed by atoms with Crippen molar-refractivity contribution in [3.63, 3.8) is 0 Å². The van der Waals surface area contributed by atoms with E-state index in [1.165, 1.54) is 12.5 Å². The van der Waals surface area contributed by atoms with Gasteiger partial charge < -0.3 is 4.74 Å². The van der Waals surface area contributed by atoms with E-state index >= 15 is 0 Å². The minimum absolute atomic E-state index is 0.00624. The van der Waals surface area contributed by atoms with Gasteiger partial charge in [0.1, 0.15) is 0 Å². The molecule has 0 saturated heterocycles. The Hall–Kier alpha value is -0.980. The topological polar surface area (TPSA) is 43.4 Å². The summed E-state index contributed by atoms with van der Waals surface area (Å²) in [5.41, 5.74) is 0.230. The lowest BCUT2D eigenvalue weighted by Gasteiger charge is -2.58. The number of rotatable bonds is 2. The molecule has 0 aromatic heterocycles. The van der Waals surface area contributed by atoms with Crippen molar-refractivity contribution < 1.29 is 14.3 Å². The van der Waals surface area contributed by atoms with Crippen molar-refractivity contribution in [2.24, 2.45) is 29.1 Å². The summed E-state index contributed by atoms with van der Waals surface area (Å²) in [4.78, 5) is 23.9. The maximum Gasteiger partial charge on any atom is 0.304 e. The van der Waals surface area contributed by atoms with Gasteiger partial charge in [-0.25, -0.2) is 0 Å². The zero-order valence-corrected chi connectivity index (χ0v) is 18.1. The average molecular weight is 423 g/mol. The lowest BCUT2D eigenvalue weighted by Crippen LogP contribution is -2.58. The van der Waals surface area contributed by atoms with Gasteiger partial charge in [0.05, 0.1) is 0 Å². The molecular formula is C23H28Cl2O3. The fourth-order valence-corrected chi connectivity index (χ4v) is 8.16. The Labute approximate surface area is 177 Å². The molecule has 0 amide bonds. The minimum Gasteiger partial charge on any atom is -0.445 e. The molecule has 0 heterocycles. The molecule has 4 rings (SSSR count). The molecule has 0 radical (unpaired) electrons. The number of carbonyl (C=O) groups is 2. The third-order valence-electron chi connectivity index (χ3n) is 8.26. The summed E-state index contributed by atoms with van der Waals surface area (Å²) in [6.45, 7) is 3.62. The SMILES string of the molecule is CC[C@]12C[C@H](Cl)[C@H]3[C@@H](CCC4=CC(=O)CC[C@@H]43)[C@@H]1CC[C@]2(C#CCl)OC(C)=O. The quantitative estimate of drug-likeness (QED) is 0.347. The second kappa shape index (κ2) is 7.37. The van der Waals surface area contributed by atoms with Crippen molar-refractivity contribution in [2.45, 2.75) is 76.2 Å². The van der Waals surface area contributed by atoms with Crippen LogP contribution >= 0.6 is 23.2 Å². The van der Waals surface area contributed by atoms with Crippen molar-refractivity contribution in [2.75, 3.05) is 0 Å². The van der Waals surface area contributed by atoms with Crippen LogP contribution in [0.5, 0.6) is 0 Å². The average Bonchev–Trinajstić information content (AvgIpc) is 2.95. The smallest absolute Gasteiger partial charge is 0.304 e. The van der Waals surface area contributed by atoms with Crippen molar-refractivity contribution in [3.05, 3.63) is 11.6 Å². The summed E-state index contributed by atoms with van der Waals surface area (Å²) < 4.78 is 5.94. The molecule has 0 spiro atoms. The zero-order chi connectivity index (χ0) is 20.1. The van der Waals surface area contributed by atoms with Crippen molar-refractivity contribution >= 4 is 35.0 Å². The highest BCUT2D eigenvalue weighted by molar-refractivity contribution is 6.30. The molecule has 0 bridgehead atoms. The summed E-state index contributed by atoms with van der Waals surface area (Å²) in [7, 11) is 0. The largest absolute Gasteiger partial charge is 0.445 e. The van der Waals surface area contributed by atoms with Gasteiger partial charge in [-0.2, -0.15) is 0 Å². The van der Waals surface area contributed by atoms with Crippen molar-refractivity contribution in [3.8, 4) is 11.3 Å². The third kappa shape index (κ3) is 2.86. The molecule has 3 saturated carbocycles. The van der Waals surface area contributed by atoms with Gasteiger partial charge in [0.15, 0.2) is 11.4 Å². The summed E-state index contributed by atoms with van der Waals surface area (Å²) >= 11 is 13.0. The molecule has 152 valence electrons. The summed E-state index contributed by atoms with van der Waals surface area (Å²) in [6.07, 6.45) is 8.87. The van der Waals surface area contributed by atoms with Gasteiger partial charge in [0.25, 0.3) is 0 Å². The molecule has 0 N–H and O–H groups in total. The van der Waals surface area contributed by atoms with E-state index in [4.69, 9.17) is 27.9 Å². The highest BCUT2D eigenvalue weighted by Gasteiger charge is 2.67. The monoisotopic (exact) mass is 422 g/mol. The normalized spacial score (nSPS) is 44.4. The molecule has 7 atom stereocenters. The minimum atomic E-state index is -0.837. The van der Waals surface area contributed by atoms with Crippen LogP contribution < -0.4 is 0 Å². The third-order valence-corrected chi connectivity index (χ3v) is 8.80. The second-order valence-corrected chi connectivity index (χ2v) is 9.88. The highest BCUT2D eigenvalue weighted by atomic mass is 35.5. The first-order valence-corrected chi connectivity index (χ1v) is 11.4. The van der Waals surface area contributed by atoms with Crippen molar-refractivity contribution in [1.29, 1.82) is 0 Å². The van der Waals surface area contributed by atoms with Gasteiger partial charge >= 0.3 is 5.97 Å². The molecular weight excluding hydrogens is 395 g/mol. The maximum absolute atomic E-state index is 12.0. The molecule has 5 heteroatoms. The number of hydrogen-bond donors (Lipinski definition) is 0. The van der Waals surface area contributed by atoms with Gasteiger partial charge in [0.2, 0.25) is 0 Å². The van der Waals surface area contributed by atoms with E-state index in [1.807, 2.05) is 6.08 Å². The number of alkyl halides is 1. The highest BCUT2D eigenvalue weighted by Crippen LogP contribution is 2.67. The second-order valence-electron chi connectivity index (χ2n) is 9.13. The van der Waals surface area contributed by atoms with Crippen LogP contribution in [0.3, 0.4) is 0 Å². The Morgan fingerprint density at radius 3 is 2.79 bits per heavy atom. The van der Waals surface area contributed by atoms with Gasteiger partial charge in [-0.05, 0) is 92.2 Å². The number of carbonyl (C=O) groups excluding carboxylic acids is 2. The number of allylic oxidation sites excluding steroid dienone is 1. The molecule has 0 aromatic rings. The number of fused-ring (bicyclic) bond motifs is 5. The Morgan fingerprint density at radius 1 is 1.32 bits per heavy atom. The van der Waals surface area contributed by atoms with E-state index in [-0.39, 0.29) is 22.5 Å². The molecule has 3 fully saturated rings. The van der Waals surface area contributed by atoms with Gasteiger partial charge in [-0.1, -0.05) is 12.5 Å². The molecule has 0 aromatic carbocycles. The van der Waals surface area contributed by atoms with E-state index < -0.39 is 5.60 Å². The number of hydrogen-bond acceptors (Lipinski definition) is 3. The molecule has 0 unspecified atom stereocenters. The van der Waals surface area contributed by atoms with Crippen LogP contribution in [-0.2, 0) is 14.3 Å². The molecule has 0 aliphatic heterocycles. The summed E-state index contributed by atoms with van der Waals surface area (Å²) in [5, 5.41) is 2.53. The van der Waals surface area contributed by atoms with Crippen LogP contribution in [0, 0.1) is 40.4 Å². The fourth-order valence-electron chi connectivity index (χ4n) is 7.37. The van der Waals surface area contributed by atoms with E-state index in [2.05, 4.69) is 18.2 Å². The Morgan fingerprint density at radius 2 is 2.11 bits per heavy atom. The van der Waals surface area contributed by atoms with E-state index in [0.717, 1.165) is 44.9 Å². The Bertz CT molecular complexity index is 778. The van der Waals surface area contributed by atoms with Crippen LogP contribution in [0.4, 0.5) is 0 Å². The zero-order valence-electron chi connectivity index (χ0n) is 16.6. The molecule has 4 aliphatic carbocycles. The molecule has 3 nitrogen and oxygen atoms in total. The standard InChI is InChI=1S/C23H28Cl2O3/c1-3-22-13-20(25)21-17-7-5-16(27)12-15(17)4-6-18(21)19(22)8-9-23(22,10-11-24)28-14(2)26/h12,17-21H,3-9,13H2,1-2H3/t17-,18-,19-,20-,21+,22-,23+/m0/s1. The van der Waals surface area contributed by atoms with Crippen LogP contribution in [-0.4, -0.2) is 22.7 Å². The predicted molar refractivity (Wildman–Crippen MR) is 110 cm³/mol. The first-order valence-electron chi connectivity index (χ1n) is 10.6. The lowest BCUT2D eigenvalue weighted by molar-refractivity contribution is -0.170. The van der Waals surface area contributed by atoms with Crippen LogP contribution in [0.2, 0.25) is 0 Å². The number of ketones is 1.